The molecule has 140 valence electrons. The number of nitrogens with zero attached hydrogens (tertiary/aromatic N) is 1. The Labute approximate surface area is 151 Å². The normalized spacial score (nSPS) is 16.7. The van der Waals surface area contributed by atoms with E-state index in [9.17, 15) is 24.0 Å². The molecule has 1 aliphatic rings. The van der Waals surface area contributed by atoms with Crippen LogP contribution in [0.3, 0.4) is 0 Å². The van der Waals surface area contributed by atoms with Gasteiger partial charge in [0.15, 0.2) is 0 Å². The number of thiol groups is 1. The van der Waals surface area contributed by atoms with Gasteiger partial charge in [0, 0.05) is 18.6 Å². The topological polar surface area (TPSA) is 139 Å². The summed E-state index contributed by atoms with van der Waals surface area (Å²) in [4.78, 5) is 59.5. The summed E-state index contributed by atoms with van der Waals surface area (Å²) in [5, 5.41) is 4.90. The van der Waals surface area contributed by atoms with E-state index in [0.29, 0.717) is 6.42 Å². The van der Waals surface area contributed by atoms with Gasteiger partial charge in [0.05, 0.1) is 0 Å². The molecule has 2 unspecified atom stereocenters. The van der Waals surface area contributed by atoms with Crippen molar-refractivity contribution in [2.24, 2.45) is 11.7 Å². The van der Waals surface area contributed by atoms with Crippen LogP contribution in [0.2, 0.25) is 0 Å². The Hall–Kier alpha value is -2.10. The lowest BCUT2D eigenvalue weighted by Gasteiger charge is -2.22. The first-order valence-electron chi connectivity index (χ1n) is 7.98. The number of nitrogens with one attached hydrogen (secondary N) is 2. The van der Waals surface area contributed by atoms with Crippen LogP contribution in [0, 0.1) is 5.92 Å². The first kappa shape index (κ1) is 20.9. The van der Waals surface area contributed by atoms with Gasteiger partial charge in [-0.3, -0.25) is 28.9 Å². The third-order valence-corrected chi connectivity index (χ3v) is 4.02. The summed E-state index contributed by atoms with van der Waals surface area (Å²) in [7, 11) is 0. The van der Waals surface area contributed by atoms with E-state index >= 15 is 0 Å². The number of carbonyl (C=O) groups is 5. The van der Waals surface area contributed by atoms with E-state index in [1.807, 2.05) is 13.8 Å². The molecule has 0 aliphatic carbocycles. The predicted molar refractivity (Wildman–Crippen MR) is 92.3 cm³/mol. The summed E-state index contributed by atoms with van der Waals surface area (Å²) in [5.74, 6) is -2.65. The Morgan fingerprint density at radius 3 is 2.12 bits per heavy atom. The van der Waals surface area contributed by atoms with Crippen molar-refractivity contribution in [2.45, 2.75) is 45.2 Å². The maximum atomic E-state index is 12.2. The third kappa shape index (κ3) is 6.37. The highest BCUT2D eigenvalue weighted by atomic mass is 32.1. The molecule has 1 aliphatic heterocycles. The molecule has 1 fully saturated rings. The summed E-state index contributed by atoms with van der Waals surface area (Å²) in [5.41, 5.74) is 5.27. The Morgan fingerprint density at radius 2 is 1.68 bits per heavy atom. The Kier molecular flexibility index (Phi) is 7.88. The molecule has 0 bridgehead atoms. The predicted octanol–water partition coefficient (Wildman–Crippen LogP) is -1.43. The molecule has 0 aromatic carbocycles. The number of hydrogen-bond acceptors (Lipinski definition) is 6. The molecular weight excluding hydrogens is 348 g/mol. The van der Waals surface area contributed by atoms with E-state index in [2.05, 4.69) is 23.3 Å². The Morgan fingerprint density at radius 1 is 1.12 bits per heavy atom. The second kappa shape index (κ2) is 9.40. The molecule has 1 saturated heterocycles. The molecule has 0 radical (unpaired) electrons. The van der Waals surface area contributed by atoms with Gasteiger partial charge in [0.1, 0.15) is 18.6 Å². The molecule has 25 heavy (non-hydrogen) atoms. The van der Waals surface area contributed by atoms with Gasteiger partial charge in [-0.05, 0) is 12.3 Å². The van der Waals surface area contributed by atoms with Gasteiger partial charge >= 0.3 is 0 Å². The second-order valence-corrected chi connectivity index (χ2v) is 6.63. The number of carbonyl (C=O) groups excluding carboxylic acids is 5. The van der Waals surface area contributed by atoms with E-state index in [1.165, 1.54) is 0 Å². The summed E-state index contributed by atoms with van der Waals surface area (Å²) in [6.45, 7) is 3.31. The van der Waals surface area contributed by atoms with Crippen LogP contribution in [0.25, 0.3) is 0 Å². The summed E-state index contributed by atoms with van der Waals surface area (Å²) in [6, 6.07) is -1.87. The molecule has 0 saturated carbocycles. The lowest BCUT2D eigenvalue weighted by molar-refractivity contribution is -0.142. The number of likely N-dealkylation sites (tertiary alicyclic amines) is 1. The molecule has 10 heteroatoms. The van der Waals surface area contributed by atoms with E-state index in [-0.39, 0.29) is 24.5 Å². The van der Waals surface area contributed by atoms with Crippen LogP contribution in [0.4, 0.5) is 0 Å². The molecule has 9 nitrogen and oxygen atoms in total. The summed E-state index contributed by atoms with van der Waals surface area (Å²) in [6.07, 6.45) is 0.529. The molecule has 0 aromatic rings. The SMILES string of the molecule is CC(C)CC(NC(=O)C(CS)NC(=O)CN1C(=O)CCC1=O)C(N)=O. The van der Waals surface area contributed by atoms with Crippen molar-refractivity contribution in [3.05, 3.63) is 0 Å². The molecular formula is C15H24N4O5S. The quantitative estimate of drug-likeness (QED) is 0.290. The molecule has 2 atom stereocenters. The molecule has 1 heterocycles. The van der Waals surface area contributed by atoms with Crippen molar-refractivity contribution in [3.63, 3.8) is 0 Å². The van der Waals surface area contributed by atoms with Crippen molar-refractivity contribution in [2.75, 3.05) is 12.3 Å². The summed E-state index contributed by atoms with van der Waals surface area (Å²) >= 11 is 4.02. The second-order valence-electron chi connectivity index (χ2n) is 6.27. The average molecular weight is 372 g/mol. The largest absolute Gasteiger partial charge is 0.368 e. The van der Waals surface area contributed by atoms with Crippen LogP contribution in [-0.4, -0.2) is 58.8 Å². The maximum Gasteiger partial charge on any atom is 0.244 e. The van der Waals surface area contributed by atoms with Gasteiger partial charge in [-0.15, -0.1) is 0 Å². The van der Waals surface area contributed by atoms with Crippen molar-refractivity contribution < 1.29 is 24.0 Å². The zero-order chi connectivity index (χ0) is 19.1. The van der Waals surface area contributed by atoms with Gasteiger partial charge in [0.25, 0.3) is 0 Å². The average Bonchev–Trinajstić information content (AvgIpc) is 2.83. The van der Waals surface area contributed by atoms with Gasteiger partial charge in [-0.2, -0.15) is 12.6 Å². The van der Waals surface area contributed by atoms with E-state index in [1.54, 1.807) is 0 Å². The highest BCUT2D eigenvalue weighted by Crippen LogP contribution is 2.11. The zero-order valence-corrected chi connectivity index (χ0v) is 15.2. The molecule has 4 N–H and O–H groups in total. The number of hydrogen-bond donors (Lipinski definition) is 4. The monoisotopic (exact) mass is 372 g/mol. The minimum absolute atomic E-state index is 0.0212. The number of rotatable bonds is 9. The fourth-order valence-corrected chi connectivity index (χ4v) is 2.62. The fraction of sp³-hybridized carbons (Fsp3) is 0.667. The first-order valence-corrected chi connectivity index (χ1v) is 8.62. The first-order chi connectivity index (χ1) is 11.6. The Bertz CT molecular complexity index is 550. The lowest BCUT2D eigenvalue weighted by Crippen LogP contribution is -2.55. The van der Waals surface area contributed by atoms with Crippen LogP contribution in [0.1, 0.15) is 33.1 Å². The number of primary amides is 1. The molecule has 0 aromatic heterocycles. The summed E-state index contributed by atoms with van der Waals surface area (Å²) < 4.78 is 0. The number of nitrogens with two attached hydrogens (primary N) is 1. The van der Waals surface area contributed by atoms with E-state index in [4.69, 9.17) is 5.73 Å². The van der Waals surface area contributed by atoms with Crippen LogP contribution in [-0.2, 0) is 24.0 Å². The number of amides is 5. The standard InChI is InChI=1S/C15H24N4O5S/c1-8(2)5-9(14(16)23)18-15(24)10(7-25)17-11(20)6-19-12(21)3-4-13(19)22/h8-10,25H,3-7H2,1-2H3,(H2,16,23)(H,17,20)(H,18,24). The Balaban J connectivity index is 2.63. The van der Waals surface area contributed by atoms with Crippen molar-refractivity contribution in [3.8, 4) is 0 Å². The molecule has 0 spiro atoms. The van der Waals surface area contributed by atoms with Gasteiger partial charge < -0.3 is 16.4 Å². The van der Waals surface area contributed by atoms with E-state index < -0.39 is 48.2 Å². The maximum absolute atomic E-state index is 12.2. The van der Waals surface area contributed by atoms with Crippen LogP contribution in [0.5, 0.6) is 0 Å². The number of imide groups is 1. The highest BCUT2D eigenvalue weighted by Gasteiger charge is 2.32. The fourth-order valence-electron chi connectivity index (χ4n) is 2.37. The van der Waals surface area contributed by atoms with E-state index in [0.717, 1.165) is 4.90 Å². The van der Waals surface area contributed by atoms with Crippen molar-refractivity contribution >= 4 is 42.2 Å². The van der Waals surface area contributed by atoms with Crippen molar-refractivity contribution in [1.82, 2.24) is 15.5 Å². The van der Waals surface area contributed by atoms with Crippen LogP contribution < -0.4 is 16.4 Å². The smallest absolute Gasteiger partial charge is 0.244 e. The molecule has 5 amide bonds. The van der Waals surface area contributed by atoms with Gasteiger partial charge in [0.2, 0.25) is 29.5 Å². The van der Waals surface area contributed by atoms with Gasteiger partial charge in [-0.1, -0.05) is 13.8 Å². The minimum atomic E-state index is -1.02. The van der Waals surface area contributed by atoms with Gasteiger partial charge in [-0.25, -0.2) is 0 Å². The van der Waals surface area contributed by atoms with Crippen LogP contribution in [0.15, 0.2) is 0 Å². The highest BCUT2D eigenvalue weighted by molar-refractivity contribution is 7.80. The van der Waals surface area contributed by atoms with Crippen LogP contribution >= 0.6 is 12.6 Å². The van der Waals surface area contributed by atoms with Crippen molar-refractivity contribution in [1.29, 1.82) is 0 Å². The third-order valence-electron chi connectivity index (χ3n) is 3.66. The minimum Gasteiger partial charge on any atom is -0.368 e. The zero-order valence-electron chi connectivity index (χ0n) is 14.3. The lowest BCUT2D eigenvalue weighted by atomic mass is 10.0. The molecule has 1 rings (SSSR count).